The molecule has 0 unspecified atom stereocenters. The van der Waals surface area contributed by atoms with Crippen molar-refractivity contribution < 1.29 is 4.74 Å². The molecule has 0 amide bonds. The fraction of sp³-hybridized carbons (Fsp3) is 0.308. The Kier molecular flexibility index (Phi) is 3.06. The van der Waals surface area contributed by atoms with Gasteiger partial charge in [-0.15, -0.1) is 10.2 Å². The van der Waals surface area contributed by atoms with E-state index in [4.69, 9.17) is 10.5 Å². The third kappa shape index (κ3) is 2.00. The molecular weight excluding hydrogens is 274 g/mol. The number of benzene rings is 1. The van der Waals surface area contributed by atoms with Gasteiger partial charge in [-0.05, 0) is 18.2 Å². The molecule has 2 heterocycles. The molecule has 6 nitrogen and oxygen atoms in total. The second kappa shape index (κ2) is 4.75. The van der Waals surface area contributed by atoms with E-state index in [1.807, 2.05) is 18.2 Å². The maximum absolute atomic E-state index is 6.03. The molecule has 0 aliphatic heterocycles. The van der Waals surface area contributed by atoms with Crippen molar-refractivity contribution in [1.29, 1.82) is 0 Å². The predicted molar refractivity (Wildman–Crippen MR) is 79.1 cm³/mol. The summed E-state index contributed by atoms with van der Waals surface area (Å²) in [5, 5.41) is 13.7. The highest BCUT2D eigenvalue weighted by atomic mass is 32.1. The van der Waals surface area contributed by atoms with E-state index in [0.717, 1.165) is 27.1 Å². The molecule has 0 fully saturated rings. The molecule has 0 saturated carbocycles. The van der Waals surface area contributed by atoms with Gasteiger partial charge in [0.15, 0.2) is 5.82 Å². The number of hydrogen-bond acceptors (Lipinski definition) is 6. The number of ether oxygens (including phenoxy) is 1. The molecule has 1 aromatic carbocycles. The van der Waals surface area contributed by atoms with Crippen molar-refractivity contribution in [3.8, 4) is 16.3 Å². The molecule has 2 aromatic heterocycles. The summed E-state index contributed by atoms with van der Waals surface area (Å²) in [6.07, 6.45) is 0. The number of aromatic nitrogens is 4. The molecule has 104 valence electrons. The van der Waals surface area contributed by atoms with Crippen LogP contribution in [0.5, 0.6) is 5.75 Å². The first-order chi connectivity index (χ1) is 9.60. The van der Waals surface area contributed by atoms with Crippen molar-refractivity contribution in [2.45, 2.75) is 19.8 Å². The highest BCUT2D eigenvalue weighted by Gasteiger charge is 2.16. The number of anilines is 1. The number of hydrogen-bond donors (Lipinski definition) is 1. The van der Waals surface area contributed by atoms with E-state index in [9.17, 15) is 0 Å². The van der Waals surface area contributed by atoms with Crippen molar-refractivity contribution in [3.63, 3.8) is 0 Å². The van der Waals surface area contributed by atoms with E-state index < -0.39 is 0 Å². The summed E-state index contributed by atoms with van der Waals surface area (Å²) >= 11 is 1.46. The number of methoxy groups -OCH3 is 1. The summed E-state index contributed by atoms with van der Waals surface area (Å²) in [4.78, 5) is 0.769. The van der Waals surface area contributed by atoms with E-state index in [0.29, 0.717) is 5.69 Å². The molecule has 3 rings (SSSR count). The molecule has 20 heavy (non-hydrogen) atoms. The molecule has 2 N–H and O–H groups in total. The molecular formula is C13H15N5OS. The van der Waals surface area contributed by atoms with Crippen LogP contribution in [0.4, 0.5) is 5.69 Å². The fourth-order valence-corrected chi connectivity index (χ4v) is 2.83. The summed E-state index contributed by atoms with van der Waals surface area (Å²) in [7, 11) is 1.63. The Morgan fingerprint density at radius 3 is 2.80 bits per heavy atom. The molecule has 0 bridgehead atoms. The van der Waals surface area contributed by atoms with Crippen LogP contribution in [-0.2, 0) is 0 Å². The molecule has 0 atom stereocenters. The topological polar surface area (TPSA) is 78.3 Å². The van der Waals surface area contributed by atoms with Crippen LogP contribution in [0.25, 0.3) is 15.5 Å². The van der Waals surface area contributed by atoms with Crippen LogP contribution < -0.4 is 10.5 Å². The van der Waals surface area contributed by atoms with Crippen LogP contribution in [0, 0.1) is 0 Å². The smallest absolute Gasteiger partial charge is 0.234 e. The van der Waals surface area contributed by atoms with Crippen LogP contribution in [0.3, 0.4) is 0 Å². The molecule has 0 radical (unpaired) electrons. The van der Waals surface area contributed by atoms with Crippen LogP contribution in [-0.4, -0.2) is 26.9 Å². The summed E-state index contributed by atoms with van der Waals surface area (Å²) in [6, 6.07) is 5.54. The predicted octanol–water partition coefficient (Wildman–Crippen LogP) is 2.57. The van der Waals surface area contributed by atoms with Gasteiger partial charge in [0.2, 0.25) is 4.96 Å². The second-order valence-corrected chi connectivity index (χ2v) is 5.72. The summed E-state index contributed by atoms with van der Waals surface area (Å²) in [5.41, 5.74) is 7.55. The Morgan fingerprint density at radius 2 is 2.10 bits per heavy atom. The lowest BCUT2D eigenvalue weighted by Gasteiger charge is -2.05. The van der Waals surface area contributed by atoms with Crippen molar-refractivity contribution in [2.24, 2.45) is 0 Å². The second-order valence-electron chi connectivity index (χ2n) is 4.77. The van der Waals surface area contributed by atoms with Gasteiger partial charge in [0.25, 0.3) is 0 Å². The minimum Gasteiger partial charge on any atom is -0.497 e. The quantitative estimate of drug-likeness (QED) is 0.750. The standard InChI is InChI=1S/C13H15N5OS/c1-7(2)11-15-16-13-18(11)17-12(20-13)9-6-8(19-3)4-5-10(9)14/h4-7H,14H2,1-3H3. The molecule has 3 aromatic rings. The number of rotatable bonds is 3. The normalized spacial score (nSPS) is 11.4. The first-order valence-corrected chi connectivity index (χ1v) is 7.08. The lowest BCUT2D eigenvalue weighted by molar-refractivity contribution is 0.415. The van der Waals surface area contributed by atoms with E-state index in [2.05, 4.69) is 29.1 Å². The lowest BCUT2D eigenvalue weighted by atomic mass is 10.2. The first-order valence-electron chi connectivity index (χ1n) is 6.26. The zero-order chi connectivity index (χ0) is 14.3. The SMILES string of the molecule is COc1ccc(N)c(-c2nn3c(C(C)C)nnc3s2)c1. The average Bonchev–Trinajstić information content (AvgIpc) is 2.98. The highest BCUT2D eigenvalue weighted by molar-refractivity contribution is 7.19. The van der Waals surface area contributed by atoms with Gasteiger partial charge in [0, 0.05) is 17.2 Å². The number of fused-ring (bicyclic) bond motifs is 1. The van der Waals surface area contributed by atoms with Crippen LogP contribution >= 0.6 is 11.3 Å². The monoisotopic (exact) mass is 289 g/mol. The van der Waals surface area contributed by atoms with Gasteiger partial charge in [0.1, 0.15) is 10.8 Å². The zero-order valence-corrected chi connectivity index (χ0v) is 12.3. The van der Waals surface area contributed by atoms with Crippen molar-refractivity contribution >= 4 is 22.0 Å². The van der Waals surface area contributed by atoms with Gasteiger partial charge in [-0.3, -0.25) is 0 Å². The molecule has 0 spiro atoms. The Morgan fingerprint density at radius 1 is 1.30 bits per heavy atom. The Hall–Kier alpha value is -2.15. The summed E-state index contributed by atoms with van der Waals surface area (Å²) < 4.78 is 7.02. The van der Waals surface area contributed by atoms with Crippen LogP contribution in [0.1, 0.15) is 25.6 Å². The summed E-state index contributed by atoms with van der Waals surface area (Å²) in [6.45, 7) is 4.13. The van der Waals surface area contributed by atoms with E-state index in [-0.39, 0.29) is 5.92 Å². The minimum atomic E-state index is 0.266. The maximum Gasteiger partial charge on any atom is 0.234 e. The highest BCUT2D eigenvalue weighted by Crippen LogP contribution is 2.33. The third-order valence-electron chi connectivity index (χ3n) is 3.02. The van der Waals surface area contributed by atoms with Gasteiger partial charge in [-0.2, -0.15) is 9.61 Å². The number of nitrogen functional groups attached to an aromatic ring is 1. The van der Waals surface area contributed by atoms with Gasteiger partial charge in [0.05, 0.1) is 7.11 Å². The van der Waals surface area contributed by atoms with Crippen molar-refractivity contribution in [1.82, 2.24) is 19.8 Å². The Bertz CT molecular complexity index is 761. The maximum atomic E-state index is 6.03. The molecule has 7 heteroatoms. The van der Waals surface area contributed by atoms with Gasteiger partial charge >= 0.3 is 0 Å². The van der Waals surface area contributed by atoms with Crippen LogP contribution in [0.15, 0.2) is 18.2 Å². The van der Waals surface area contributed by atoms with E-state index in [1.165, 1.54) is 11.3 Å². The van der Waals surface area contributed by atoms with Gasteiger partial charge < -0.3 is 10.5 Å². The minimum absolute atomic E-state index is 0.266. The zero-order valence-electron chi connectivity index (χ0n) is 11.5. The van der Waals surface area contributed by atoms with Gasteiger partial charge in [-0.25, -0.2) is 0 Å². The first kappa shape index (κ1) is 12.9. The fourth-order valence-electron chi connectivity index (χ4n) is 1.95. The van der Waals surface area contributed by atoms with Crippen molar-refractivity contribution in [3.05, 3.63) is 24.0 Å². The number of nitrogens with two attached hydrogens (primary N) is 1. The van der Waals surface area contributed by atoms with E-state index >= 15 is 0 Å². The lowest BCUT2D eigenvalue weighted by Crippen LogP contribution is -1.98. The number of nitrogens with zero attached hydrogens (tertiary/aromatic N) is 4. The Labute approximate surface area is 120 Å². The third-order valence-corrected chi connectivity index (χ3v) is 3.95. The van der Waals surface area contributed by atoms with E-state index in [1.54, 1.807) is 11.6 Å². The largest absolute Gasteiger partial charge is 0.497 e. The molecule has 0 aliphatic carbocycles. The van der Waals surface area contributed by atoms with Crippen molar-refractivity contribution in [2.75, 3.05) is 12.8 Å². The average molecular weight is 289 g/mol. The van der Waals surface area contributed by atoms with Crippen LogP contribution in [0.2, 0.25) is 0 Å². The summed E-state index contributed by atoms with van der Waals surface area (Å²) in [5.74, 6) is 1.87. The molecule has 0 aliphatic rings. The Balaban J connectivity index is 2.15. The van der Waals surface area contributed by atoms with Gasteiger partial charge in [-0.1, -0.05) is 25.2 Å². The molecule has 0 saturated heterocycles.